The quantitative estimate of drug-likeness (QED) is 0.796. The number of hydrogen-bond donors (Lipinski definition) is 0. The molecule has 3 nitrogen and oxygen atoms in total. The molecule has 2 rings (SSSR count). The van der Waals surface area contributed by atoms with Gasteiger partial charge in [-0.25, -0.2) is 4.98 Å². The first-order chi connectivity index (χ1) is 8.29. The van der Waals surface area contributed by atoms with Crippen LogP contribution in [0, 0.1) is 0 Å². The molecule has 0 bridgehead atoms. The van der Waals surface area contributed by atoms with Crippen LogP contribution in [-0.4, -0.2) is 21.0 Å². The fourth-order valence-electron chi connectivity index (χ4n) is 1.35. The third-order valence-electron chi connectivity index (χ3n) is 2.21. The number of thiocarbonyl (C=S) groups is 1. The number of hydrogen-bond acceptors (Lipinski definition) is 4. The number of thioether (sulfide) groups is 1. The lowest BCUT2D eigenvalue weighted by molar-refractivity contribution is 0.414. The van der Waals surface area contributed by atoms with E-state index in [0.29, 0.717) is 0 Å². The summed E-state index contributed by atoms with van der Waals surface area (Å²) in [6.07, 6.45) is 5.28. The Labute approximate surface area is 110 Å². The van der Waals surface area contributed by atoms with E-state index in [-0.39, 0.29) is 0 Å². The molecular weight excluding hydrogens is 252 g/mol. The first-order valence-corrected chi connectivity index (χ1v) is 6.47. The number of methoxy groups -OCH3 is 1. The maximum absolute atomic E-state index is 5.29. The highest BCUT2D eigenvalue weighted by molar-refractivity contribution is 8.22. The third-order valence-corrected chi connectivity index (χ3v) is 3.71. The van der Waals surface area contributed by atoms with Gasteiger partial charge in [0.1, 0.15) is 16.4 Å². The van der Waals surface area contributed by atoms with Gasteiger partial charge >= 0.3 is 0 Å². The van der Waals surface area contributed by atoms with E-state index in [9.17, 15) is 0 Å². The Morgan fingerprint density at radius 3 is 3.12 bits per heavy atom. The molecule has 0 radical (unpaired) electrons. The van der Waals surface area contributed by atoms with Gasteiger partial charge in [-0.05, 0) is 17.7 Å². The van der Waals surface area contributed by atoms with E-state index in [0.717, 1.165) is 15.8 Å². The molecule has 0 unspecified atom stereocenters. The Bertz CT molecular complexity index is 497. The van der Waals surface area contributed by atoms with Crippen molar-refractivity contribution in [2.24, 2.45) is 0 Å². The molecule has 1 aromatic carbocycles. The van der Waals surface area contributed by atoms with Crippen LogP contribution in [-0.2, 0) is 5.75 Å². The second kappa shape index (κ2) is 5.84. The SMILES string of the molecule is COc1cccc(CSC(=S)n2ccnc2)c1. The van der Waals surface area contributed by atoms with Crippen LogP contribution < -0.4 is 4.74 Å². The van der Waals surface area contributed by atoms with Gasteiger partial charge in [-0.1, -0.05) is 36.1 Å². The Morgan fingerprint density at radius 1 is 1.53 bits per heavy atom. The molecule has 0 aliphatic rings. The summed E-state index contributed by atoms with van der Waals surface area (Å²) in [4.78, 5) is 3.97. The molecule has 0 spiro atoms. The molecule has 88 valence electrons. The van der Waals surface area contributed by atoms with Crippen LogP contribution in [0.1, 0.15) is 5.56 Å². The molecule has 0 saturated carbocycles. The van der Waals surface area contributed by atoms with E-state index < -0.39 is 0 Å². The van der Waals surface area contributed by atoms with Crippen molar-refractivity contribution in [3.8, 4) is 5.75 Å². The standard InChI is InChI=1S/C12H12N2OS2/c1-15-11-4-2-3-10(7-11)8-17-12(16)14-6-5-13-9-14/h2-7,9H,8H2,1H3. The van der Waals surface area contributed by atoms with E-state index in [1.807, 2.05) is 29.0 Å². The van der Waals surface area contributed by atoms with Gasteiger partial charge in [0.15, 0.2) is 0 Å². The van der Waals surface area contributed by atoms with Gasteiger partial charge in [0.2, 0.25) is 0 Å². The summed E-state index contributed by atoms with van der Waals surface area (Å²) in [6, 6.07) is 7.99. The molecule has 0 fully saturated rings. The Morgan fingerprint density at radius 2 is 2.41 bits per heavy atom. The maximum Gasteiger partial charge on any atom is 0.146 e. The topological polar surface area (TPSA) is 27.1 Å². The molecule has 0 saturated heterocycles. The summed E-state index contributed by atoms with van der Waals surface area (Å²) in [5, 5.41) is 0. The predicted molar refractivity (Wildman–Crippen MR) is 74.5 cm³/mol. The van der Waals surface area contributed by atoms with Crippen LogP contribution in [0.5, 0.6) is 5.75 Å². The number of imidazole rings is 1. The number of benzene rings is 1. The van der Waals surface area contributed by atoms with Crippen molar-refractivity contribution in [2.45, 2.75) is 5.75 Å². The maximum atomic E-state index is 5.29. The molecule has 2 aromatic rings. The largest absolute Gasteiger partial charge is 0.497 e. The monoisotopic (exact) mass is 264 g/mol. The fraction of sp³-hybridized carbons (Fsp3) is 0.167. The van der Waals surface area contributed by atoms with Crippen molar-refractivity contribution in [1.82, 2.24) is 9.55 Å². The molecular formula is C12H12N2OS2. The smallest absolute Gasteiger partial charge is 0.146 e. The lowest BCUT2D eigenvalue weighted by Gasteiger charge is -2.05. The molecule has 1 aromatic heterocycles. The first-order valence-electron chi connectivity index (χ1n) is 5.07. The van der Waals surface area contributed by atoms with Gasteiger partial charge in [0, 0.05) is 18.1 Å². The summed E-state index contributed by atoms with van der Waals surface area (Å²) < 4.78 is 7.81. The summed E-state index contributed by atoms with van der Waals surface area (Å²) in [6.45, 7) is 0. The van der Waals surface area contributed by atoms with Crippen LogP contribution in [0.3, 0.4) is 0 Å². The molecule has 0 aliphatic carbocycles. The molecule has 0 aliphatic heterocycles. The van der Waals surface area contributed by atoms with E-state index in [1.54, 1.807) is 31.4 Å². The fourth-order valence-corrected chi connectivity index (χ4v) is 2.36. The zero-order chi connectivity index (χ0) is 12.1. The lowest BCUT2D eigenvalue weighted by atomic mass is 10.2. The average molecular weight is 264 g/mol. The van der Waals surface area contributed by atoms with Gasteiger partial charge in [-0.15, -0.1) is 0 Å². The van der Waals surface area contributed by atoms with Crippen LogP contribution in [0.15, 0.2) is 43.0 Å². The Kier molecular flexibility index (Phi) is 4.17. The van der Waals surface area contributed by atoms with E-state index in [1.165, 1.54) is 5.56 Å². The van der Waals surface area contributed by atoms with Crippen molar-refractivity contribution >= 4 is 28.3 Å². The van der Waals surface area contributed by atoms with Crippen molar-refractivity contribution < 1.29 is 4.74 Å². The van der Waals surface area contributed by atoms with Gasteiger partial charge in [-0.2, -0.15) is 0 Å². The molecule has 5 heteroatoms. The van der Waals surface area contributed by atoms with E-state index in [2.05, 4.69) is 11.1 Å². The second-order valence-electron chi connectivity index (χ2n) is 3.38. The van der Waals surface area contributed by atoms with E-state index in [4.69, 9.17) is 17.0 Å². The summed E-state index contributed by atoms with van der Waals surface area (Å²) >= 11 is 6.89. The van der Waals surface area contributed by atoms with Crippen LogP contribution >= 0.6 is 24.0 Å². The molecule has 0 N–H and O–H groups in total. The van der Waals surface area contributed by atoms with Crippen molar-refractivity contribution in [3.05, 3.63) is 48.5 Å². The number of nitrogens with zero attached hydrogens (tertiary/aromatic N) is 2. The van der Waals surface area contributed by atoms with Gasteiger partial charge in [0.25, 0.3) is 0 Å². The lowest BCUT2D eigenvalue weighted by Crippen LogP contribution is -2.01. The van der Waals surface area contributed by atoms with Crippen molar-refractivity contribution in [3.63, 3.8) is 0 Å². The normalized spacial score (nSPS) is 10.2. The van der Waals surface area contributed by atoms with Gasteiger partial charge < -0.3 is 4.74 Å². The minimum absolute atomic E-state index is 0.797. The molecule has 0 amide bonds. The molecule has 17 heavy (non-hydrogen) atoms. The zero-order valence-electron chi connectivity index (χ0n) is 9.37. The summed E-state index contributed by atoms with van der Waals surface area (Å²) in [5.74, 6) is 1.70. The Hall–Kier alpha value is -1.33. The number of aromatic nitrogens is 2. The third kappa shape index (κ3) is 3.31. The number of ether oxygens (including phenoxy) is 1. The van der Waals surface area contributed by atoms with E-state index >= 15 is 0 Å². The molecule has 1 heterocycles. The second-order valence-corrected chi connectivity index (χ2v) is 4.99. The highest BCUT2D eigenvalue weighted by atomic mass is 32.2. The summed E-state index contributed by atoms with van der Waals surface area (Å²) in [5.41, 5.74) is 1.19. The average Bonchev–Trinajstić information content (AvgIpc) is 2.90. The van der Waals surface area contributed by atoms with Crippen LogP contribution in [0.25, 0.3) is 0 Å². The van der Waals surface area contributed by atoms with Crippen LogP contribution in [0.4, 0.5) is 0 Å². The number of rotatable bonds is 3. The minimum atomic E-state index is 0.797. The summed E-state index contributed by atoms with van der Waals surface area (Å²) in [7, 11) is 1.67. The predicted octanol–water partition coefficient (Wildman–Crippen LogP) is 2.96. The Balaban J connectivity index is 1.95. The highest BCUT2D eigenvalue weighted by Crippen LogP contribution is 2.19. The van der Waals surface area contributed by atoms with Crippen molar-refractivity contribution in [2.75, 3.05) is 7.11 Å². The molecule has 0 atom stereocenters. The highest BCUT2D eigenvalue weighted by Gasteiger charge is 2.02. The first kappa shape index (κ1) is 12.1. The van der Waals surface area contributed by atoms with Crippen molar-refractivity contribution in [1.29, 1.82) is 0 Å². The van der Waals surface area contributed by atoms with Gasteiger partial charge in [0.05, 0.1) is 7.11 Å². The van der Waals surface area contributed by atoms with Crippen LogP contribution in [0.2, 0.25) is 0 Å². The minimum Gasteiger partial charge on any atom is -0.497 e. The zero-order valence-corrected chi connectivity index (χ0v) is 11.0. The van der Waals surface area contributed by atoms with Gasteiger partial charge in [-0.3, -0.25) is 4.57 Å².